The van der Waals surface area contributed by atoms with E-state index in [9.17, 15) is 9.59 Å². The number of aryl methyl sites for hydroxylation is 1. The first-order valence-corrected chi connectivity index (χ1v) is 6.77. The normalized spacial score (nSPS) is 10.5. The molecule has 0 saturated heterocycles. The van der Waals surface area contributed by atoms with E-state index in [0.717, 1.165) is 0 Å². The number of esters is 1. The van der Waals surface area contributed by atoms with Crippen molar-refractivity contribution in [2.24, 2.45) is 0 Å². The molecule has 7 heteroatoms. The molecule has 0 radical (unpaired) electrons. The van der Waals surface area contributed by atoms with E-state index in [1.807, 2.05) is 18.7 Å². The van der Waals surface area contributed by atoms with Gasteiger partial charge in [0.1, 0.15) is 5.82 Å². The van der Waals surface area contributed by atoms with E-state index in [4.69, 9.17) is 5.11 Å². The number of anilines is 1. The Balaban J connectivity index is 2.99. The van der Waals surface area contributed by atoms with Gasteiger partial charge < -0.3 is 14.7 Å². The Labute approximate surface area is 124 Å². The molecule has 0 atom stereocenters. The largest absolute Gasteiger partial charge is 0.481 e. The minimum atomic E-state index is -0.826. The van der Waals surface area contributed by atoms with Crippen molar-refractivity contribution in [3.63, 3.8) is 0 Å². The number of hydrogen-bond donors (Lipinski definition) is 1. The molecule has 1 N–H and O–H groups in total. The molecule has 0 aliphatic heterocycles. The second kappa shape index (κ2) is 7.56. The van der Waals surface area contributed by atoms with Gasteiger partial charge in [0, 0.05) is 30.8 Å². The standard InChI is InChI=1S/C14H21N3O4/c1-9(2)17(7-5-6-12(18)19)11-8-10(3)15-13(16-11)14(20)21-4/h8-9H,5-7H2,1-4H3,(H,18,19). The summed E-state index contributed by atoms with van der Waals surface area (Å²) in [6, 6.07) is 1.89. The number of carbonyl (C=O) groups is 2. The Bertz CT molecular complexity index is 517. The van der Waals surface area contributed by atoms with Gasteiger partial charge in [-0.15, -0.1) is 0 Å². The molecule has 0 fully saturated rings. The van der Waals surface area contributed by atoms with E-state index < -0.39 is 11.9 Å². The van der Waals surface area contributed by atoms with E-state index in [1.165, 1.54) is 7.11 Å². The second-order valence-corrected chi connectivity index (χ2v) is 4.97. The van der Waals surface area contributed by atoms with Crippen LogP contribution in [0, 0.1) is 6.92 Å². The maximum atomic E-state index is 11.6. The molecule has 7 nitrogen and oxygen atoms in total. The van der Waals surface area contributed by atoms with Gasteiger partial charge in [0.05, 0.1) is 7.11 Å². The number of nitrogens with zero attached hydrogens (tertiary/aromatic N) is 3. The fraction of sp³-hybridized carbons (Fsp3) is 0.571. The van der Waals surface area contributed by atoms with Crippen molar-refractivity contribution in [1.29, 1.82) is 0 Å². The van der Waals surface area contributed by atoms with Crippen LogP contribution in [0.1, 0.15) is 43.0 Å². The minimum Gasteiger partial charge on any atom is -0.481 e. The highest BCUT2D eigenvalue weighted by Gasteiger charge is 2.17. The van der Waals surface area contributed by atoms with Crippen LogP contribution in [0.3, 0.4) is 0 Å². The first-order valence-electron chi connectivity index (χ1n) is 6.77. The van der Waals surface area contributed by atoms with Gasteiger partial charge in [-0.25, -0.2) is 14.8 Å². The molecule has 0 aliphatic carbocycles. The Kier molecular flexibility index (Phi) is 6.08. The lowest BCUT2D eigenvalue weighted by Crippen LogP contribution is -2.33. The number of aromatic nitrogens is 2. The Morgan fingerprint density at radius 1 is 1.38 bits per heavy atom. The average Bonchev–Trinajstić information content (AvgIpc) is 2.41. The highest BCUT2D eigenvalue weighted by atomic mass is 16.5. The number of methoxy groups -OCH3 is 1. The predicted molar refractivity (Wildman–Crippen MR) is 77.5 cm³/mol. The third-order valence-corrected chi connectivity index (χ3v) is 2.92. The summed E-state index contributed by atoms with van der Waals surface area (Å²) in [5, 5.41) is 8.72. The molecule has 0 saturated carbocycles. The van der Waals surface area contributed by atoms with E-state index in [-0.39, 0.29) is 18.3 Å². The van der Waals surface area contributed by atoms with E-state index in [1.54, 1.807) is 13.0 Å². The first-order chi connectivity index (χ1) is 9.85. The van der Waals surface area contributed by atoms with Crippen LogP contribution in [0.5, 0.6) is 0 Å². The van der Waals surface area contributed by atoms with Crippen molar-refractivity contribution in [2.45, 2.75) is 39.7 Å². The van der Waals surface area contributed by atoms with Crippen molar-refractivity contribution in [3.05, 3.63) is 17.6 Å². The van der Waals surface area contributed by atoms with Crippen molar-refractivity contribution in [3.8, 4) is 0 Å². The molecule has 0 aromatic carbocycles. The molecule has 1 rings (SSSR count). The van der Waals surface area contributed by atoms with Crippen LogP contribution in [-0.2, 0) is 9.53 Å². The summed E-state index contributed by atoms with van der Waals surface area (Å²) in [5.41, 5.74) is 0.657. The van der Waals surface area contributed by atoms with Gasteiger partial charge in [0.15, 0.2) is 0 Å². The van der Waals surface area contributed by atoms with E-state index in [0.29, 0.717) is 24.5 Å². The van der Waals surface area contributed by atoms with Crippen LogP contribution in [0.15, 0.2) is 6.07 Å². The Hall–Kier alpha value is -2.18. The molecular weight excluding hydrogens is 274 g/mol. The number of rotatable bonds is 7. The maximum absolute atomic E-state index is 11.6. The summed E-state index contributed by atoms with van der Waals surface area (Å²) in [5.74, 6) is -0.804. The average molecular weight is 295 g/mol. The van der Waals surface area contributed by atoms with Gasteiger partial charge in [-0.1, -0.05) is 0 Å². The van der Waals surface area contributed by atoms with Crippen LogP contribution in [0.2, 0.25) is 0 Å². The molecule has 0 aliphatic rings. The molecule has 21 heavy (non-hydrogen) atoms. The molecule has 0 spiro atoms. The van der Waals surface area contributed by atoms with Crippen LogP contribution >= 0.6 is 0 Å². The Morgan fingerprint density at radius 2 is 2.05 bits per heavy atom. The lowest BCUT2D eigenvalue weighted by molar-refractivity contribution is -0.137. The number of carboxylic acid groups (broad SMARTS) is 1. The topological polar surface area (TPSA) is 92.6 Å². The summed E-state index contributed by atoms with van der Waals surface area (Å²) < 4.78 is 4.64. The van der Waals surface area contributed by atoms with Crippen molar-refractivity contribution in [1.82, 2.24) is 9.97 Å². The molecule has 0 amide bonds. The zero-order valence-electron chi connectivity index (χ0n) is 12.8. The first kappa shape index (κ1) is 16.9. The Morgan fingerprint density at radius 3 is 2.57 bits per heavy atom. The zero-order valence-corrected chi connectivity index (χ0v) is 12.8. The molecule has 0 unspecified atom stereocenters. The fourth-order valence-electron chi connectivity index (χ4n) is 1.92. The highest BCUT2D eigenvalue weighted by molar-refractivity contribution is 5.85. The third kappa shape index (κ3) is 5.02. The predicted octanol–water partition coefficient (Wildman–Crippen LogP) is 1.65. The van der Waals surface area contributed by atoms with Crippen molar-refractivity contribution < 1.29 is 19.4 Å². The molecule has 0 bridgehead atoms. The summed E-state index contributed by atoms with van der Waals surface area (Å²) in [6.45, 7) is 6.28. The SMILES string of the molecule is COC(=O)c1nc(C)cc(N(CCCC(=O)O)C(C)C)n1. The highest BCUT2D eigenvalue weighted by Crippen LogP contribution is 2.17. The van der Waals surface area contributed by atoms with Crippen LogP contribution < -0.4 is 4.90 Å². The van der Waals surface area contributed by atoms with Crippen LogP contribution in [0.4, 0.5) is 5.82 Å². The van der Waals surface area contributed by atoms with Gasteiger partial charge in [0.25, 0.3) is 0 Å². The lowest BCUT2D eigenvalue weighted by Gasteiger charge is -2.28. The monoisotopic (exact) mass is 295 g/mol. The van der Waals surface area contributed by atoms with Crippen LogP contribution in [-0.4, -0.2) is 46.7 Å². The number of carbonyl (C=O) groups excluding carboxylic acids is 1. The maximum Gasteiger partial charge on any atom is 0.376 e. The van der Waals surface area contributed by atoms with E-state index >= 15 is 0 Å². The number of carboxylic acids is 1. The van der Waals surface area contributed by atoms with Gasteiger partial charge in [-0.2, -0.15) is 0 Å². The zero-order chi connectivity index (χ0) is 16.0. The van der Waals surface area contributed by atoms with Gasteiger partial charge in [0.2, 0.25) is 5.82 Å². The lowest BCUT2D eigenvalue weighted by atomic mass is 10.2. The summed E-state index contributed by atoms with van der Waals surface area (Å²) >= 11 is 0. The van der Waals surface area contributed by atoms with E-state index in [2.05, 4.69) is 14.7 Å². The molecule has 1 heterocycles. The van der Waals surface area contributed by atoms with Crippen molar-refractivity contribution >= 4 is 17.8 Å². The third-order valence-electron chi connectivity index (χ3n) is 2.92. The molecular formula is C14H21N3O4. The van der Waals surface area contributed by atoms with Gasteiger partial charge in [-0.3, -0.25) is 4.79 Å². The fourth-order valence-corrected chi connectivity index (χ4v) is 1.92. The summed E-state index contributed by atoms with van der Waals surface area (Å²) in [6.07, 6.45) is 0.598. The number of ether oxygens (including phenoxy) is 1. The smallest absolute Gasteiger partial charge is 0.376 e. The summed E-state index contributed by atoms with van der Waals surface area (Å²) in [4.78, 5) is 32.4. The molecule has 116 valence electrons. The van der Waals surface area contributed by atoms with Gasteiger partial charge in [-0.05, 0) is 27.2 Å². The minimum absolute atomic E-state index is 0.0105. The van der Waals surface area contributed by atoms with Gasteiger partial charge >= 0.3 is 11.9 Å². The quantitative estimate of drug-likeness (QED) is 0.764. The molecule has 1 aromatic rings. The molecule has 1 aromatic heterocycles. The second-order valence-electron chi connectivity index (χ2n) is 4.97. The number of hydrogen-bond acceptors (Lipinski definition) is 6. The van der Waals surface area contributed by atoms with Crippen molar-refractivity contribution in [2.75, 3.05) is 18.6 Å². The van der Waals surface area contributed by atoms with Crippen LogP contribution in [0.25, 0.3) is 0 Å². The summed E-state index contributed by atoms with van der Waals surface area (Å²) in [7, 11) is 1.28. The number of aliphatic carboxylic acids is 1.